The highest BCUT2D eigenvalue weighted by atomic mass is 79.9. The lowest BCUT2D eigenvalue weighted by atomic mass is 10.1. The van der Waals surface area contributed by atoms with Crippen molar-refractivity contribution < 1.29 is 4.39 Å². The molecular weight excluding hydrogens is 331 g/mol. The molecule has 19 heavy (non-hydrogen) atoms. The number of hydrogen-bond acceptors (Lipinski definition) is 2. The molecule has 0 unspecified atom stereocenters. The van der Waals surface area contributed by atoms with Crippen molar-refractivity contribution in [3.8, 4) is 6.07 Å². The van der Waals surface area contributed by atoms with E-state index in [-0.39, 0.29) is 5.56 Å². The number of nitriles is 1. The van der Waals surface area contributed by atoms with Crippen LogP contribution in [0.25, 0.3) is 0 Å². The topological polar surface area (TPSA) is 35.8 Å². The summed E-state index contributed by atoms with van der Waals surface area (Å²) >= 11 is 9.28. The molecule has 0 saturated carbocycles. The molecule has 1 N–H and O–H groups in total. The number of benzene rings is 2. The quantitative estimate of drug-likeness (QED) is 0.878. The van der Waals surface area contributed by atoms with Gasteiger partial charge in [-0.05, 0) is 35.9 Å². The van der Waals surface area contributed by atoms with Gasteiger partial charge in [0, 0.05) is 16.0 Å². The van der Waals surface area contributed by atoms with Crippen LogP contribution in [0.1, 0.15) is 11.1 Å². The normalized spacial score (nSPS) is 10.0. The second-order valence-corrected chi connectivity index (χ2v) is 5.18. The highest BCUT2D eigenvalue weighted by Gasteiger charge is 2.05. The fraction of sp³-hybridized carbons (Fsp3) is 0.0714. The van der Waals surface area contributed by atoms with Crippen LogP contribution in [-0.4, -0.2) is 0 Å². The smallest absolute Gasteiger partial charge is 0.124 e. The lowest BCUT2D eigenvalue weighted by molar-refractivity contribution is 0.627. The Morgan fingerprint density at radius 1 is 1.26 bits per heavy atom. The van der Waals surface area contributed by atoms with Crippen LogP contribution in [0.5, 0.6) is 0 Å². The van der Waals surface area contributed by atoms with Crippen LogP contribution < -0.4 is 5.32 Å². The first-order valence-corrected chi connectivity index (χ1v) is 6.64. The van der Waals surface area contributed by atoms with Crippen molar-refractivity contribution in [3.05, 3.63) is 62.8 Å². The molecule has 0 bridgehead atoms. The van der Waals surface area contributed by atoms with Gasteiger partial charge in [-0.3, -0.25) is 0 Å². The van der Waals surface area contributed by atoms with E-state index < -0.39 is 5.82 Å². The number of anilines is 1. The maximum atomic E-state index is 13.0. The molecule has 2 aromatic rings. The third kappa shape index (κ3) is 3.46. The van der Waals surface area contributed by atoms with Crippen LogP contribution in [0.2, 0.25) is 5.02 Å². The van der Waals surface area contributed by atoms with Gasteiger partial charge >= 0.3 is 0 Å². The molecule has 0 aliphatic rings. The molecule has 0 saturated heterocycles. The van der Waals surface area contributed by atoms with E-state index in [2.05, 4.69) is 21.2 Å². The van der Waals surface area contributed by atoms with Gasteiger partial charge in [0.25, 0.3) is 0 Å². The predicted octanol–water partition coefficient (Wildman–Crippen LogP) is 4.73. The van der Waals surface area contributed by atoms with Crippen LogP contribution in [0.15, 0.2) is 40.9 Å². The van der Waals surface area contributed by atoms with E-state index in [1.165, 1.54) is 12.1 Å². The Hall–Kier alpha value is -1.57. The molecule has 0 heterocycles. The van der Waals surface area contributed by atoms with E-state index in [4.69, 9.17) is 16.9 Å². The molecule has 0 spiro atoms. The first kappa shape index (κ1) is 13.9. The fourth-order valence-electron chi connectivity index (χ4n) is 1.62. The molecule has 0 radical (unpaired) electrons. The van der Waals surface area contributed by atoms with Gasteiger partial charge in [0.05, 0.1) is 11.3 Å². The SMILES string of the molecule is N#Cc1cc(F)ccc1NCc1ccc(Cl)cc1Br. The third-order valence-corrected chi connectivity index (χ3v) is 3.56. The summed E-state index contributed by atoms with van der Waals surface area (Å²) in [6.45, 7) is 0.512. The number of rotatable bonds is 3. The summed E-state index contributed by atoms with van der Waals surface area (Å²) < 4.78 is 13.9. The van der Waals surface area contributed by atoms with E-state index in [0.29, 0.717) is 17.3 Å². The monoisotopic (exact) mass is 338 g/mol. The second-order valence-electron chi connectivity index (χ2n) is 3.89. The number of hydrogen-bond donors (Lipinski definition) is 1. The van der Waals surface area contributed by atoms with E-state index in [1.807, 2.05) is 12.1 Å². The van der Waals surface area contributed by atoms with E-state index in [1.54, 1.807) is 18.2 Å². The first-order chi connectivity index (χ1) is 9.10. The average Bonchev–Trinajstić information content (AvgIpc) is 2.39. The van der Waals surface area contributed by atoms with Crippen LogP contribution in [-0.2, 0) is 6.54 Å². The van der Waals surface area contributed by atoms with E-state index in [0.717, 1.165) is 10.0 Å². The van der Waals surface area contributed by atoms with Crippen molar-refractivity contribution in [2.75, 3.05) is 5.32 Å². The molecule has 0 fully saturated rings. The Morgan fingerprint density at radius 3 is 2.74 bits per heavy atom. The van der Waals surface area contributed by atoms with Gasteiger partial charge in [0.2, 0.25) is 0 Å². The summed E-state index contributed by atoms with van der Waals surface area (Å²) in [6.07, 6.45) is 0. The Balaban J connectivity index is 2.17. The fourth-order valence-corrected chi connectivity index (χ4v) is 2.44. The van der Waals surface area contributed by atoms with E-state index in [9.17, 15) is 4.39 Å². The van der Waals surface area contributed by atoms with Gasteiger partial charge in [-0.2, -0.15) is 5.26 Å². The summed E-state index contributed by atoms with van der Waals surface area (Å²) in [5.41, 5.74) is 1.88. The maximum Gasteiger partial charge on any atom is 0.124 e. The van der Waals surface area contributed by atoms with Crippen LogP contribution >= 0.6 is 27.5 Å². The van der Waals surface area contributed by atoms with Gasteiger partial charge in [-0.1, -0.05) is 33.6 Å². The Labute approximate surface area is 123 Å². The summed E-state index contributed by atoms with van der Waals surface area (Å²) in [5.74, 6) is -0.422. The maximum absolute atomic E-state index is 13.0. The highest BCUT2D eigenvalue weighted by molar-refractivity contribution is 9.10. The lowest BCUT2D eigenvalue weighted by Crippen LogP contribution is -2.02. The van der Waals surface area contributed by atoms with Gasteiger partial charge in [-0.15, -0.1) is 0 Å². The average molecular weight is 340 g/mol. The minimum absolute atomic E-state index is 0.282. The molecule has 0 amide bonds. The van der Waals surface area contributed by atoms with Crippen LogP contribution in [0.3, 0.4) is 0 Å². The third-order valence-electron chi connectivity index (χ3n) is 2.59. The van der Waals surface area contributed by atoms with Gasteiger partial charge in [0.1, 0.15) is 11.9 Å². The van der Waals surface area contributed by atoms with E-state index >= 15 is 0 Å². The Bertz CT molecular complexity index is 652. The molecule has 0 aromatic heterocycles. The number of halogens is 3. The lowest BCUT2D eigenvalue weighted by Gasteiger charge is -2.10. The first-order valence-electron chi connectivity index (χ1n) is 5.47. The molecule has 0 atom stereocenters. The molecule has 2 aromatic carbocycles. The molecule has 96 valence electrons. The van der Waals surface area contributed by atoms with Crippen molar-refractivity contribution in [3.63, 3.8) is 0 Å². The number of nitrogens with zero attached hydrogens (tertiary/aromatic N) is 1. The number of nitrogens with one attached hydrogen (secondary N) is 1. The summed E-state index contributed by atoms with van der Waals surface area (Å²) in [6, 6.07) is 11.5. The van der Waals surface area contributed by atoms with Gasteiger partial charge < -0.3 is 5.32 Å². The predicted molar refractivity (Wildman–Crippen MR) is 77.6 cm³/mol. The Kier molecular flexibility index (Phi) is 4.41. The minimum Gasteiger partial charge on any atom is -0.380 e. The zero-order valence-corrected chi connectivity index (χ0v) is 12.1. The molecule has 0 aliphatic carbocycles. The minimum atomic E-state index is -0.422. The largest absolute Gasteiger partial charge is 0.380 e. The van der Waals surface area contributed by atoms with Crippen molar-refractivity contribution in [1.29, 1.82) is 5.26 Å². The van der Waals surface area contributed by atoms with Gasteiger partial charge in [-0.25, -0.2) is 4.39 Å². The summed E-state index contributed by atoms with van der Waals surface area (Å²) in [5, 5.41) is 12.7. The molecule has 0 aliphatic heterocycles. The summed E-state index contributed by atoms with van der Waals surface area (Å²) in [7, 11) is 0. The van der Waals surface area contributed by atoms with Crippen LogP contribution in [0.4, 0.5) is 10.1 Å². The molecule has 5 heteroatoms. The highest BCUT2D eigenvalue weighted by Crippen LogP contribution is 2.23. The standard InChI is InChI=1S/C14H9BrClFN2/c15-13-6-11(16)2-1-9(13)8-19-14-4-3-12(17)5-10(14)7-18/h1-6,19H,8H2. The molecular formula is C14H9BrClFN2. The molecule has 2 rings (SSSR count). The van der Waals surface area contributed by atoms with Crippen molar-refractivity contribution in [2.24, 2.45) is 0 Å². The van der Waals surface area contributed by atoms with Crippen LogP contribution in [0, 0.1) is 17.1 Å². The zero-order valence-electron chi connectivity index (χ0n) is 9.75. The second kappa shape index (κ2) is 6.05. The molecule has 2 nitrogen and oxygen atoms in total. The van der Waals surface area contributed by atoms with Gasteiger partial charge in [0.15, 0.2) is 0 Å². The zero-order chi connectivity index (χ0) is 13.8. The van der Waals surface area contributed by atoms with Crippen molar-refractivity contribution in [1.82, 2.24) is 0 Å². The Morgan fingerprint density at radius 2 is 2.05 bits per heavy atom. The summed E-state index contributed by atoms with van der Waals surface area (Å²) in [4.78, 5) is 0. The van der Waals surface area contributed by atoms with Crippen molar-refractivity contribution in [2.45, 2.75) is 6.54 Å². The van der Waals surface area contributed by atoms with Crippen molar-refractivity contribution >= 4 is 33.2 Å².